The summed E-state index contributed by atoms with van der Waals surface area (Å²) < 4.78 is 6.39. The van der Waals surface area contributed by atoms with Crippen molar-refractivity contribution in [2.75, 3.05) is 4.90 Å². The highest BCUT2D eigenvalue weighted by molar-refractivity contribution is 7.80. The molecule has 0 bridgehead atoms. The highest BCUT2D eigenvalue weighted by atomic mass is 35.5. The quantitative estimate of drug-likeness (QED) is 0.353. The van der Waals surface area contributed by atoms with Gasteiger partial charge in [-0.05, 0) is 85.4 Å². The van der Waals surface area contributed by atoms with Crippen LogP contribution in [-0.2, 0) is 0 Å². The second-order valence-corrected chi connectivity index (χ2v) is 8.50. The number of benzene rings is 2. The third-order valence-corrected chi connectivity index (χ3v) is 6.16. The van der Waals surface area contributed by atoms with E-state index in [0.29, 0.717) is 10.1 Å². The van der Waals surface area contributed by atoms with Crippen molar-refractivity contribution in [2.24, 2.45) is 0 Å². The molecular formula is C25H20ClN3O2S. The predicted molar refractivity (Wildman–Crippen MR) is 130 cm³/mol. The minimum absolute atomic E-state index is 0.196. The third kappa shape index (κ3) is 3.72. The van der Waals surface area contributed by atoms with E-state index in [0.717, 1.165) is 34.0 Å². The van der Waals surface area contributed by atoms with Crippen molar-refractivity contribution in [3.8, 4) is 17.1 Å². The number of phenols is 1. The number of furan rings is 1. The number of hydrogen-bond acceptors (Lipinski definition) is 4. The summed E-state index contributed by atoms with van der Waals surface area (Å²) in [7, 11) is 0. The van der Waals surface area contributed by atoms with Gasteiger partial charge in [0.1, 0.15) is 23.3 Å². The number of thiocarbonyl (C=S) groups is 1. The molecule has 1 aliphatic heterocycles. The Bertz CT molecular complexity index is 1270. The van der Waals surface area contributed by atoms with Gasteiger partial charge in [0, 0.05) is 22.5 Å². The van der Waals surface area contributed by atoms with Crippen molar-refractivity contribution < 1.29 is 9.52 Å². The minimum Gasteiger partial charge on any atom is -0.508 e. The Morgan fingerprint density at radius 3 is 2.62 bits per heavy atom. The molecule has 32 heavy (non-hydrogen) atoms. The van der Waals surface area contributed by atoms with E-state index < -0.39 is 0 Å². The largest absolute Gasteiger partial charge is 0.508 e. The molecule has 0 aliphatic carbocycles. The minimum atomic E-state index is -0.268. The van der Waals surface area contributed by atoms with Gasteiger partial charge < -0.3 is 19.7 Å². The van der Waals surface area contributed by atoms with Crippen molar-refractivity contribution in [3.63, 3.8) is 0 Å². The maximum Gasteiger partial charge on any atom is 0.174 e. The Morgan fingerprint density at radius 1 is 1.06 bits per heavy atom. The monoisotopic (exact) mass is 461 g/mol. The van der Waals surface area contributed by atoms with Crippen LogP contribution in [0, 0.1) is 6.92 Å². The standard InChI is InChI=1S/C25H20ClN3O2S/c1-15-5-6-16(26)14-19(15)21-11-12-22(31-21)24-23(20-4-2-3-13-27-20)28-25(32)29(24)17-7-9-18(30)10-8-17/h2-14,23-24,30H,1H3,(H,28,32). The fourth-order valence-corrected chi connectivity index (χ4v) is 4.57. The van der Waals surface area contributed by atoms with E-state index in [1.165, 1.54) is 0 Å². The molecule has 5 nitrogen and oxygen atoms in total. The SMILES string of the molecule is Cc1ccc(Cl)cc1-c1ccc(C2C(c3ccccn3)NC(=S)N2c2ccc(O)cc2)o1. The van der Waals surface area contributed by atoms with Crippen LogP contribution in [0.5, 0.6) is 5.75 Å². The number of hydrogen-bond donors (Lipinski definition) is 2. The number of nitrogens with zero attached hydrogens (tertiary/aromatic N) is 2. The van der Waals surface area contributed by atoms with Gasteiger partial charge in [-0.1, -0.05) is 23.7 Å². The van der Waals surface area contributed by atoms with Crippen molar-refractivity contribution in [1.82, 2.24) is 10.3 Å². The maximum atomic E-state index is 9.75. The zero-order valence-corrected chi connectivity index (χ0v) is 18.8. The van der Waals surface area contributed by atoms with E-state index in [1.807, 2.05) is 72.5 Å². The zero-order valence-electron chi connectivity index (χ0n) is 17.2. The predicted octanol–water partition coefficient (Wildman–Crippen LogP) is 6.19. The van der Waals surface area contributed by atoms with Gasteiger partial charge >= 0.3 is 0 Å². The van der Waals surface area contributed by atoms with Crippen LogP contribution in [0.15, 0.2) is 83.4 Å². The second kappa shape index (κ2) is 8.30. The molecule has 0 saturated carbocycles. The van der Waals surface area contributed by atoms with E-state index in [-0.39, 0.29) is 17.8 Å². The third-order valence-electron chi connectivity index (χ3n) is 5.61. The van der Waals surface area contributed by atoms with Crippen molar-refractivity contribution in [3.05, 3.63) is 101 Å². The van der Waals surface area contributed by atoms with Gasteiger partial charge in [-0.15, -0.1) is 0 Å². The number of aryl methyl sites for hydroxylation is 1. The number of aromatic nitrogens is 1. The summed E-state index contributed by atoms with van der Waals surface area (Å²) in [5, 5.41) is 14.4. The summed E-state index contributed by atoms with van der Waals surface area (Å²) in [6, 6.07) is 22.0. The number of pyridine rings is 1. The first-order valence-corrected chi connectivity index (χ1v) is 11.0. The zero-order chi connectivity index (χ0) is 22.2. The molecule has 2 unspecified atom stereocenters. The summed E-state index contributed by atoms with van der Waals surface area (Å²) in [6.45, 7) is 2.03. The molecule has 2 aromatic carbocycles. The fourth-order valence-electron chi connectivity index (χ4n) is 4.05. The molecule has 5 rings (SSSR count). The molecular weight excluding hydrogens is 442 g/mol. The topological polar surface area (TPSA) is 61.5 Å². The lowest BCUT2D eigenvalue weighted by Crippen LogP contribution is -2.29. The normalized spacial score (nSPS) is 18.1. The summed E-state index contributed by atoms with van der Waals surface area (Å²) in [4.78, 5) is 6.56. The van der Waals surface area contributed by atoms with Crippen molar-refractivity contribution >= 4 is 34.6 Å². The van der Waals surface area contributed by atoms with Crippen LogP contribution >= 0.6 is 23.8 Å². The first-order valence-electron chi connectivity index (χ1n) is 10.2. The molecule has 1 saturated heterocycles. The van der Waals surface area contributed by atoms with E-state index >= 15 is 0 Å². The average molecular weight is 462 g/mol. The van der Waals surface area contributed by atoms with Gasteiger partial charge in [0.15, 0.2) is 5.11 Å². The van der Waals surface area contributed by atoms with Crippen LogP contribution in [-0.4, -0.2) is 15.2 Å². The lowest BCUT2D eigenvalue weighted by molar-refractivity contribution is 0.439. The lowest BCUT2D eigenvalue weighted by Gasteiger charge is -2.26. The smallest absolute Gasteiger partial charge is 0.174 e. The van der Waals surface area contributed by atoms with E-state index in [2.05, 4.69) is 10.3 Å². The van der Waals surface area contributed by atoms with Gasteiger partial charge in [0.25, 0.3) is 0 Å². The Morgan fingerprint density at radius 2 is 1.88 bits per heavy atom. The summed E-state index contributed by atoms with van der Waals surface area (Å²) in [5.74, 6) is 1.68. The fraction of sp³-hybridized carbons (Fsp3) is 0.120. The number of nitrogens with one attached hydrogen (secondary N) is 1. The summed E-state index contributed by atoms with van der Waals surface area (Å²) >= 11 is 11.9. The highest BCUT2D eigenvalue weighted by Gasteiger charge is 2.42. The van der Waals surface area contributed by atoms with Gasteiger partial charge in [-0.3, -0.25) is 4.98 Å². The van der Waals surface area contributed by atoms with E-state index in [1.54, 1.807) is 18.3 Å². The molecule has 0 amide bonds. The molecule has 0 spiro atoms. The van der Waals surface area contributed by atoms with Crippen LogP contribution in [0.4, 0.5) is 5.69 Å². The van der Waals surface area contributed by atoms with E-state index in [9.17, 15) is 5.11 Å². The number of halogens is 1. The maximum absolute atomic E-state index is 9.75. The average Bonchev–Trinajstić information content (AvgIpc) is 3.41. The molecule has 1 fully saturated rings. The van der Waals surface area contributed by atoms with Crippen LogP contribution in [0.1, 0.15) is 29.1 Å². The van der Waals surface area contributed by atoms with E-state index in [4.69, 9.17) is 28.2 Å². The number of rotatable bonds is 4. The summed E-state index contributed by atoms with van der Waals surface area (Å²) in [5.41, 5.74) is 3.73. The van der Waals surface area contributed by atoms with Gasteiger partial charge in [-0.25, -0.2) is 0 Å². The molecule has 1 aliphatic rings. The molecule has 3 heterocycles. The molecule has 160 valence electrons. The van der Waals surface area contributed by atoms with Gasteiger partial charge in [0.05, 0.1) is 11.7 Å². The Labute approximate surface area is 196 Å². The molecule has 0 radical (unpaired) electrons. The molecule has 2 aromatic heterocycles. The summed E-state index contributed by atoms with van der Waals surface area (Å²) in [6.07, 6.45) is 1.77. The van der Waals surface area contributed by atoms with Crippen molar-refractivity contribution in [1.29, 1.82) is 0 Å². The van der Waals surface area contributed by atoms with Gasteiger partial charge in [0.2, 0.25) is 0 Å². The Kier molecular flexibility index (Phi) is 5.33. The number of anilines is 1. The second-order valence-electron chi connectivity index (χ2n) is 7.67. The Hall–Kier alpha value is -3.35. The molecule has 2 N–H and O–H groups in total. The molecule has 4 aromatic rings. The first-order chi connectivity index (χ1) is 15.5. The van der Waals surface area contributed by atoms with Crippen LogP contribution < -0.4 is 10.2 Å². The number of phenolic OH excluding ortho intramolecular Hbond substituents is 1. The molecule has 7 heteroatoms. The van der Waals surface area contributed by atoms with Crippen LogP contribution in [0.3, 0.4) is 0 Å². The highest BCUT2D eigenvalue weighted by Crippen LogP contribution is 2.43. The van der Waals surface area contributed by atoms with Gasteiger partial charge in [-0.2, -0.15) is 0 Å². The lowest BCUT2D eigenvalue weighted by atomic mass is 10.0. The first kappa shape index (κ1) is 20.5. The van der Waals surface area contributed by atoms with Crippen LogP contribution in [0.2, 0.25) is 5.02 Å². The Balaban J connectivity index is 1.61. The van der Waals surface area contributed by atoms with Crippen LogP contribution in [0.25, 0.3) is 11.3 Å². The number of aromatic hydroxyl groups is 1. The molecule has 2 atom stereocenters. The van der Waals surface area contributed by atoms with Crippen molar-refractivity contribution in [2.45, 2.75) is 19.0 Å².